The van der Waals surface area contributed by atoms with Gasteiger partial charge in [0.1, 0.15) is 17.1 Å². The quantitative estimate of drug-likeness (QED) is 0.344. The molecule has 194 valence electrons. The molecule has 0 saturated carbocycles. The molecule has 3 N–H and O–H groups in total. The molecule has 0 unspecified atom stereocenters. The summed E-state index contributed by atoms with van der Waals surface area (Å²) in [6.07, 6.45) is -2.40. The number of nitrogens with one attached hydrogen (secondary N) is 3. The number of fused-ring (bicyclic) bond motifs is 2. The Hall–Kier alpha value is -5.08. The van der Waals surface area contributed by atoms with Gasteiger partial charge in [-0.3, -0.25) is 14.4 Å². The van der Waals surface area contributed by atoms with Gasteiger partial charge in [-0.15, -0.1) is 0 Å². The van der Waals surface area contributed by atoms with Gasteiger partial charge < -0.3 is 20.7 Å². The highest BCUT2D eigenvalue weighted by atomic mass is 19.4. The number of carbonyl (C=O) groups is 3. The fraction of sp³-hybridized carbons (Fsp3) is 0.174. The summed E-state index contributed by atoms with van der Waals surface area (Å²) in [4.78, 5) is 48.1. The molecule has 1 aliphatic heterocycles. The van der Waals surface area contributed by atoms with E-state index in [1.54, 1.807) is 18.2 Å². The second-order valence-electron chi connectivity index (χ2n) is 8.03. The van der Waals surface area contributed by atoms with Crippen LogP contribution in [0.5, 0.6) is 5.75 Å². The molecule has 0 fully saturated rings. The van der Waals surface area contributed by atoms with Gasteiger partial charge in [0.15, 0.2) is 12.3 Å². The van der Waals surface area contributed by atoms with Crippen LogP contribution in [0.4, 0.5) is 18.9 Å². The molecule has 4 aromatic rings. The minimum atomic E-state index is -4.73. The van der Waals surface area contributed by atoms with Crippen molar-refractivity contribution in [3.8, 4) is 5.75 Å². The minimum absolute atomic E-state index is 0.0592. The van der Waals surface area contributed by atoms with Crippen molar-refractivity contribution in [2.24, 2.45) is 0 Å². The van der Waals surface area contributed by atoms with Crippen molar-refractivity contribution in [3.05, 3.63) is 77.3 Å². The summed E-state index contributed by atoms with van der Waals surface area (Å²) >= 11 is 0. The molecule has 0 bridgehead atoms. The molecular weight excluding hydrogens is 509 g/mol. The number of carbonyl (C=O) groups excluding carboxylic acids is 3. The molecule has 15 heteroatoms. The van der Waals surface area contributed by atoms with Crippen molar-refractivity contribution in [3.63, 3.8) is 0 Å². The number of nitrogens with zero attached hydrogens (tertiary/aromatic N) is 5. The van der Waals surface area contributed by atoms with Crippen molar-refractivity contribution in [1.29, 1.82) is 0 Å². The van der Waals surface area contributed by atoms with Gasteiger partial charge in [-0.25, -0.2) is 19.5 Å². The van der Waals surface area contributed by atoms with E-state index >= 15 is 0 Å². The third-order valence-electron chi connectivity index (χ3n) is 5.35. The average Bonchev–Trinajstić information content (AvgIpc) is 3.38. The van der Waals surface area contributed by atoms with E-state index < -0.39 is 23.8 Å². The number of aromatic nitrogens is 5. The number of hydrogen-bond acceptors (Lipinski definition) is 8. The number of halogens is 3. The van der Waals surface area contributed by atoms with Crippen LogP contribution in [0.3, 0.4) is 0 Å². The summed E-state index contributed by atoms with van der Waals surface area (Å²) in [6, 6.07) is 9.00. The number of hydrogen-bond donors (Lipinski definition) is 3. The van der Waals surface area contributed by atoms with Gasteiger partial charge in [0.25, 0.3) is 17.7 Å². The van der Waals surface area contributed by atoms with Crippen LogP contribution in [0.1, 0.15) is 38.1 Å². The topological polar surface area (TPSA) is 152 Å². The second kappa shape index (κ2) is 9.76. The maximum atomic E-state index is 12.9. The molecule has 1 aliphatic rings. The van der Waals surface area contributed by atoms with Crippen molar-refractivity contribution < 1.29 is 32.3 Å². The molecule has 3 amide bonds. The first-order valence-corrected chi connectivity index (χ1v) is 11.0. The van der Waals surface area contributed by atoms with Crippen molar-refractivity contribution in [1.82, 2.24) is 35.2 Å². The van der Waals surface area contributed by atoms with Crippen LogP contribution in [0.15, 0.2) is 48.8 Å². The molecule has 0 saturated heterocycles. The largest absolute Gasteiger partial charge is 0.482 e. The van der Waals surface area contributed by atoms with E-state index in [0.717, 1.165) is 6.20 Å². The summed E-state index contributed by atoms with van der Waals surface area (Å²) in [5.74, 6) is -2.40. The molecule has 5 rings (SSSR count). The second-order valence-corrected chi connectivity index (χ2v) is 8.03. The standard InChI is InChI=1S/C23H17F3N8O4/c24-23(25,26)22-27-5-3-13(31-22)10-29-21(37)16-8-15(32-18-4-6-30-34(16)18)20(36)28-9-12-1-2-17-14(7-12)33-19(35)11-38-17/h1-8H,9-11H2,(H,28,36)(H,29,37)(H,33,35). The lowest BCUT2D eigenvalue weighted by molar-refractivity contribution is -0.145. The molecule has 0 aliphatic carbocycles. The highest BCUT2D eigenvalue weighted by Gasteiger charge is 2.34. The van der Waals surface area contributed by atoms with E-state index in [1.165, 1.54) is 28.9 Å². The Kier molecular flexibility index (Phi) is 6.32. The first-order valence-electron chi connectivity index (χ1n) is 11.0. The van der Waals surface area contributed by atoms with E-state index in [9.17, 15) is 27.6 Å². The minimum Gasteiger partial charge on any atom is -0.482 e. The number of rotatable bonds is 6. The zero-order valence-corrected chi connectivity index (χ0v) is 19.2. The van der Waals surface area contributed by atoms with Gasteiger partial charge in [0, 0.05) is 24.9 Å². The normalized spacial score (nSPS) is 12.9. The molecule has 0 spiro atoms. The Morgan fingerprint density at radius 3 is 2.66 bits per heavy atom. The molecule has 0 radical (unpaired) electrons. The van der Waals surface area contributed by atoms with E-state index in [4.69, 9.17) is 4.74 Å². The zero-order valence-electron chi connectivity index (χ0n) is 19.2. The van der Waals surface area contributed by atoms with Crippen LogP contribution in [0.2, 0.25) is 0 Å². The van der Waals surface area contributed by atoms with Crippen LogP contribution < -0.4 is 20.7 Å². The van der Waals surface area contributed by atoms with Crippen LogP contribution in [0.25, 0.3) is 5.65 Å². The first-order chi connectivity index (χ1) is 18.2. The molecule has 38 heavy (non-hydrogen) atoms. The smallest absolute Gasteiger partial charge is 0.451 e. The summed E-state index contributed by atoms with van der Waals surface area (Å²) in [5, 5.41) is 11.9. The Bertz CT molecular complexity index is 1570. The molecule has 4 heterocycles. The van der Waals surface area contributed by atoms with Gasteiger partial charge >= 0.3 is 6.18 Å². The van der Waals surface area contributed by atoms with Crippen LogP contribution in [-0.4, -0.2) is 48.9 Å². The molecule has 3 aromatic heterocycles. The highest BCUT2D eigenvalue weighted by molar-refractivity contribution is 5.98. The maximum Gasteiger partial charge on any atom is 0.451 e. The van der Waals surface area contributed by atoms with E-state index in [0.29, 0.717) is 17.0 Å². The van der Waals surface area contributed by atoms with Crippen molar-refractivity contribution in [2.45, 2.75) is 19.3 Å². The molecule has 12 nitrogen and oxygen atoms in total. The highest BCUT2D eigenvalue weighted by Crippen LogP contribution is 2.28. The van der Waals surface area contributed by atoms with E-state index in [-0.39, 0.29) is 48.3 Å². The molecular formula is C23H17F3N8O4. The molecule has 0 atom stereocenters. The van der Waals surface area contributed by atoms with Gasteiger partial charge in [-0.2, -0.15) is 18.3 Å². The monoisotopic (exact) mass is 526 g/mol. The summed E-state index contributed by atoms with van der Waals surface area (Å²) in [5.41, 5.74) is 1.16. The fourth-order valence-electron chi connectivity index (χ4n) is 3.60. The average molecular weight is 526 g/mol. The van der Waals surface area contributed by atoms with E-state index in [1.807, 2.05) is 0 Å². The predicted octanol–water partition coefficient (Wildman–Crippen LogP) is 1.73. The lowest BCUT2D eigenvalue weighted by Gasteiger charge is -2.18. The van der Waals surface area contributed by atoms with Crippen LogP contribution in [-0.2, 0) is 24.1 Å². The number of amides is 3. The van der Waals surface area contributed by atoms with Gasteiger partial charge in [0.05, 0.1) is 24.1 Å². The van der Waals surface area contributed by atoms with Crippen LogP contribution in [0, 0.1) is 0 Å². The Morgan fingerprint density at radius 2 is 1.84 bits per heavy atom. The lowest BCUT2D eigenvalue weighted by Crippen LogP contribution is -2.29. The third-order valence-corrected chi connectivity index (χ3v) is 5.35. The number of ether oxygens (including phenoxy) is 1. The van der Waals surface area contributed by atoms with Crippen LogP contribution >= 0.6 is 0 Å². The third kappa shape index (κ3) is 5.21. The van der Waals surface area contributed by atoms with Crippen molar-refractivity contribution >= 4 is 29.1 Å². The fourth-order valence-corrected chi connectivity index (χ4v) is 3.60. The Labute approximate surface area is 211 Å². The first kappa shape index (κ1) is 24.6. The van der Waals surface area contributed by atoms with E-state index in [2.05, 4.69) is 36.0 Å². The summed E-state index contributed by atoms with van der Waals surface area (Å²) in [6.45, 7) is -0.310. The van der Waals surface area contributed by atoms with Gasteiger partial charge in [-0.05, 0) is 23.8 Å². The Balaban J connectivity index is 1.30. The number of benzene rings is 1. The number of alkyl halides is 3. The van der Waals surface area contributed by atoms with Gasteiger partial charge in [-0.1, -0.05) is 6.07 Å². The zero-order chi connectivity index (χ0) is 26.9. The number of anilines is 1. The lowest BCUT2D eigenvalue weighted by atomic mass is 10.1. The van der Waals surface area contributed by atoms with Gasteiger partial charge in [0.2, 0.25) is 5.82 Å². The summed E-state index contributed by atoms with van der Waals surface area (Å²) in [7, 11) is 0. The SMILES string of the molecule is O=C1COc2ccc(CNC(=O)c3cc(C(=O)NCc4ccnc(C(F)(F)F)n4)n4nccc4n3)cc2N1. The maximum absolute atomic E-state index is 12.9. The predicted molar refractivity (Wildman–Crippen MR) is 123 cm³/mol. The summed E-state index contributed by atoms with van der Waals surface area (Å²) < 4.78 is 45.1. The Morgan fingerprint density at radius 1 is 1.03 bits per heavy atom. The van der Waals surface area contributed by atoms with Crippen molar-refractivity contribution in [2.75, 3.05) is 11.9 Å². The molecule has 1 aromatic carbocycles.